The van der Waals surface area contributed by atoms with Crippen molar-refractivity contribution in [3.63, 3.8) is 0 Å². The van der Waals surface area contributed by atoms with Crippen LogP contribution in [0.2, 0.25) is 19.6 Å². The van der Waals surface area contributed by atoms with Crippen LogP contribution in [0.3, 0.4) is 0 Å². The third kappa shape index (κ3) is 4.36. The predicted molar refractivity (Wildman–Crippen MR) is 141 cm³/mol. The lowest BCUT2D eigenvalue weighted by Gasteiger charge is -2.48. The Morgan fingerprint density at radius 3 is 2.40 bits per heavy atom. The summed E-state index contributed by atoms with van der Waals surface area (Å²) in [5, 5.41) is 0. The van der Waals surface area contributed by atoms with Crippen molar-refractivity contribution in [3.05, 3.63) is 34.6 Å². The molecule has 0 unspecified atom stereocenters. The summed E-state index contributed by atoms with van der Waals surface area (Å²) in [7, 11) is -1.56. The summed E-state index contributed by atoms with van der Waals surface area (Å²) >= 11 is 0. The predicted octanol–water partition coefficient (Wildman–Crippen LogP) is 6.05. The van der Waals surface area contributed by atoms with Crippen LogP contribution in [-0.2, 0) is 13.9 Å². The van der Waals surface area contributed by atoms with Gasteiger partial charge in [-0.25, -0.2) is 0 Å². The van der Waals surface area contributed by atoms with Crippen LogP contribution in [0.1, 0.15) is 51.9 Å². The normalized spacial score (nSPS) is 33.7. The summed E-state index contributed by atoms with van der Waals surface area (Å²) in [4.78, 5) is 0. The molecule has 0 radical (unpaired) electrons. The van der Waals surface area contributed by atoms with E-state index in [0.717, 1.165) is 38.9 Å². The molecule has 7 heteroatoms. The van der Waals surface area contributed by atoms with Gasteiger partial charge < -0.3 is 13.9 Å². The van der Waals surface area contributed by atoms with E-state index in [2.05, 4.69) is 38.7 Å². The van der Waals surface area contributed by atoms with Crippen molar-refractivity contribution in [3.8, 4) is 0 Å². The molecule has 1 spiro atoms. The highest BCUT2D eigenvalue weighted by atomic mass is 32.1. The molecule has 1 heterocycles. The highest BCUT2D eigenvalue weighted by Gasteiger charge is 2.52. The Morgan fingerprint density at radius 2 is 1.73 bits per heavy atom. The smallest absolute Gasteiger partial charge is 0.241 e. The maximum absolute atomic E-state index is 6.55. The zero-order chi connectivity index (χ0) is 18.9. The topological polar surface area (TPSA) is 27.7 Å². The molecule has 0 aromatic carbocycles. The van der Waals surface area contributed by atoms with Gasteiger partial charge in [-0.3, -0.25) is 0 Å². The number of fused-ring (bicyclic) bond motifs is 4. The maximum atomic E-state index is 6.55. The van der Waals surface area contributed by atoms with E-state index in [1.165, 1.54) is 25.0 Å². The van der Waals surface area contributed by atoms with Crippen molar-refractivity contribution in [2.45, 2.75) is 77.3 Å². The first-order valence-electron chi connectivity index (χ1n) is 10.9. The minimum Gasteiger partial charge on any atom is -0.547 e. The van der Waals surface area contributed by atoms with Gasteiger partial charge in [0.2, 0.25) is 8.32 Å². The average Bonchev–Trinajstić information content (AvgIpc) is 3.18. The molecule has 1 fully saturated rings. The van der Waals surface area contributed by atoms with Gasteiger partial charge in [-0.05, 0) is 80.8 Å². The summed E-state index contributed by atoms with van der Waals surface area (Å²) in [6.45, 7) is 10.9. The van der Waals surface area contributed by atoms with Crippen molar-refractivity contribution in [2.24, 2.45) is 17.3 Å². The molecular formula is C23H40O3S3Si. The molecule has 3 nitrogen and oxygen atoms in total. The molecule has 1 saturated heterocycles. The van der Waals surface area contributed by atoms with Crippen LogP contribution in [0.15, 0.2) is 34.6 Å². The highest BCUT2D eigenvalue weighted by molar-refractivity contribution is 7.59. The second kappa shape index (κ2) is 9.22. The molecule has 3 atom stereocenters. The lowest BCUT2D eigenvalue weighted by molar-refractivity contribution is -0.164. The number of hydrogen-bond acceptors (Lipinski definition) is 3. The Labute approximate surface area is 204 Å². The number of ether oxygens (including phenoxy) is 2. The van der Waals surface area contributed by atoms with Crippen molar-refractivity contribution in [2.75, 3.05) is 13.2 Å². The molecule has 0 N–H and O–H groups in total. The molecule has 0 bridgehead atoms. The first-order valence-corrected chi connectivity index (χ1v) is 14.3. The Kier molecular flexibility index (Phi) is 8.13. The Balaban J connectivity index is 0.00000107. The van der Waals surface area contributed by atoms with Gasteiger partial charge in [-0.15, -0.1) is 0 Å². The van der Waals surface area contributed by atoms with Crippen molar-refractivity contribution in [1.29, 1.82) is 0 Å². The monoisotopic (exact) mass is 488 g/mol. The van der Waals surface area contributed by atoms with E-state index in [1.54, 1.807) is 16.7 Å². The SMILES string of the molecule is C[C@]12CC=C3C4=C(CC[C@H]3[C@@H]1CC=C2O[Si](C)(C)C)CC1(CC4)OCCO1.S.S.S. The second-order valence-electron chi connectivity index (χ2n) is 10.4. The molecule has 0 amide bonds. The number of hydrogen-bond donors (Lipinski definition) is 0. The quantitative estimate of drug-likeness (QED) is 0.443. The molecule has 172 valence electrons. The Morgan fingerprint density at radius 1 is 1.03 bits per heavy atom. The van der Waals surface area contributed by atoms with E-state index in [0.29, 0.717) is 11.8 Å². The van der Waals surface area contributed by atoms with Gasteiger partial charge in [0, 0.05) is 18.3 Å². The van der Waals surface area contributed by atoms with Crippen molar-refractivity contribution in [1.82, 2.24) is 0 Å². The van der Waals surface area contributed by atoms with E-state index in [1.807, 2.05) is 0 Å². The lowest BCUT2D eigenvalue weighted by Crippen LogP contribution is -2.41. The van der Waals surface area contributed by atoms with Gasteiger partial charge in [-0.1, -0.05) is 18.6 Å². The summed E-state index contributed by atoms with van der Waals surface area (Å²) < 4.78 is 18.6. The van der Waals surface area contributed by atoms with Crippen LogP contribution in [0.5, 0.6) is 0 Å². The van der Waals surface area contributed by atoms with Gasteiger partial charge in [0.15, 0.2) is 5.79 Å². The molecular weight excluding hydrogens is 449 g/mol. The van der Waals surface area contributed by atoms with Crippen LogP contribution in [-0.4, -0.2) is 27.3 Å². The molecule has 4 aliphatic carbocycles. The van der Waals surface area contributed by atoms with E-state index in [4.69, 9.17) is 13.9 Å². The van der Waals surface area contributed by atoms with Crippen LogP contribution in [0, 0.1) is 17.3 Å². The van der Waals surface area contributed by atoms with E-state index in [-0.39, 0.29) is 51.7 Å². The summed E-state index contributed by atoms with van der Waals surface area (Å²) in [5.41, 5.74) is 5.17. The van der Waals surface area contributed by atoms with Gasteiger partial charge in [-0.2, -0.15) is 40.5 Å². The van der Waals surface area contributed by atoms with Crippen molar-refractivity contribution < 1.29 is 13.9 Å². The van der Waals surface area contributed by atoms with Gasteiger partial charge >= 0.3 is 0 Å². The zero-order valence-corrected chi connectivity index (χ0v) is 22.9. The fourth-order valence-electron chi connectivity index (χ4n) is 6.33. The average molecular weight is 489 g/mol. The third-order valence-electron chi connectivity index (χ3n) is 7.57. The molecule has 0 aromatic rings. The fraction of sp³-hybridized carbons (Fsp3) is 0.739. The minimum absolute atomic E-state index is 0. The minimum atomic E-state index is -1.56. The second-order valence-corrected chi connectivity index (χ2v) is 14.8. The highest BCUT2D eigenvalue weighted by Crippen LogP contribution is 2.60. The molecule has 0 saturated carbocycles. The summed E-state index contributed by atoms with van der Waals surface area (Å²) in [6.07, 6.45) is 13.0. The first-order chi connectivity index (χ1) is 12.8. The van der Waals surface area contributed by atoms with Gasteiger partial charge in [0.05, 0.1) is 19.0 Å². The van der Waals surface area contributed by atoms with E-state index < -0.39 is 8.32 Å². The Bertz CT molecular complexity index is 749. The zero-order valence-electron chi connectivity index (χ0n) is 18.9. The molecule has 1 aliphatic heterocycles. The lowest BCUT2D eigenvalue weighted by atomic mass is 9.58. The van der Waals surface area contributed by atoms with Crippen LogP contribution in [0.4, 0.5) is 0 Å². The van der Waals surface area contributed by atoms with Crippen LogP contribution >= 0.6 is 40.5 Å². The maximum Gasteiger partial charge on any atom is 0.241 e. The molecule has 0 aromatic heterocycles. The molecule has 30 heavy (non-hydrogen) atoms. The van der Waals surface area contributed by atoms with Crippen LogP contribution < -0.4 is 0 Å². The summed E-state index contributed by atoms with van der Waals surface area (Å²) in [6, 6.07) is 0. The number of rotatable bonds is 2. The van der Waals surface area contributed by atoms with E-state index >= 15 is 0 Å². The van der Waals surface area contributed by atoms with Gasteiger partial charge in [0.25, 0.3) is 0 Å². The number of allylic oxidation sites excluding steroid dienone is 5. The third-order valence-corrected chi connectivity index (χ3v) is 8.40. The first kappa shape index (κ1) is 26.5. The summed E-state index contributed by atoms with van der Waals surface area (Å²) in [5.74, 6) is 2.44. The molecule has 5 aliphatic rings. The Hall–Kier alpha value is 0.207. The van der Waals surface area contributed by atoms with Gasteiger partial charge in [0.1, 0.15) is 0 Å². The van der Waals surface area contributed by atoms with Crippen LogP contribution in [0.25, 0.3) is 0 Å². The van der Waals surface area contributed by atoms with Crippen molar-refractivity contribution >= 4 is 48.8 Å². The molecule has 5 rings (SSSR count). The standard InChI is InChI=1S/C23H34O3Si.3H2S/c1-22-11-9-18-17-10-12-23(24-13-14-25-23)15-16(17)5-6-19(18)20(22)7-8-21(22)26-27(2,3)4;;;/h8-9,19-20H,5-7,10-15H2,1-4H3;3*1H2/t19-,20+,22+;;;/m1.../s1. The fourth-order valence-corrected chi connectivity index (χ4v) is 7.30. The largest absolute Gasteiger partial charge is 0.547 e. The van der Waals surface area contributed by atoms with E-state index in [9.17, 15) is 0 Å².